The molecule has 0 radical (unpaired) electrons. The van der Waals surface area contributed by atoms with Crippen molar-refractivity contribution >= 4 is 17.3 Å². The number of nitrogens with one attached hydrogen (secondary N) is 1. The molecule has 7 heteroatoms. The molecule has 0 unspecified atom stereocenters. The number of anilines is 1. The highest BCUT2D eigenvalue weighted by Gasteiger charge is 2.28. The summed E-state index contributed by atoms with van der Waals surface area (Å²) in [5.41, 5.74) is 0.688. The molecule has 1 heterocycles. The van der Waals surface area contributed by atoms with Gasteiger partial charge in [0.05, 0.1) is 24.3 Å². The van der Waals surface area contributed by atoms with Crippen LogP contribution >= 0.6 is 11.6 Å². The Kier molecular flexibility index (Phi) is 4.67. The largest absolute Gasteiger partial charge is 0.433 e. The molecule has 1 saturated heterocycles. The molecule has 0 aromatic heterocycles. The van der Waals surface area contributed by atoms with Gasteiger partial charge in [-0.1, -0.05) is 11.6 Å². The van der Waals surface area contributed by atoms with Crippen molar-refractivity contribution in [2.45, 2.75) is 32.3 Å². The van der Waals surface area contributed by atoms with Crippen molar-refractivity contribution < 1.29 is 23.0 Å². The Bertz CT molecular complexity index is 461. The van der Waals surface area contributed by atoms with Gasteiger partial charge in [-0.3, -0.25) is 0 Å². The van der Waals surface area contributed by atoms with E-state index < -0.39 is 12.4 Å². The van der Waals surface area contributed by atoms with E-state index in [2.05, 4.69) is 10.1 Å². The van der Waals surface area contributed by atoms with Crippen molar-refractivity contribution in [3.05, 3.63) is 23.2 Å². The van der Waals surface area contributed by atoms with E-state index in [1.165, 1.54) is 12.1 Å². The molecule has 2 rings (SSSR count). The fourth-order valence-electron chi connectivity index (χ4n) is 1.79. The lowest BCUT2D eigenvalue weighted by Gasteiger charge is -2.35. The molecule has 0 atom stereocenters. The molecule has 20 heavy (non-hydrogen) atoms. The average Bonchev–Trinajstić information content (AvgIpc) is 2.35. The van der Waals surface area contributed by atoms with Gasteiger partial charge in [0.15, 0.2) is 5.79 Å². The predicted molar refractivity (Wildman–Crippen MR) is 71.5 cm³/mol. The Hall–Kier alpha value is -1.11. The van der Waals surface area contributed by atoms with E-state index in [0.29, 0.717) is 18.9 Å². The first kappa shape index (κ1) is 15.3. The first-order valence-electron chi connectivity index (χ1n) is 6.14. The van der Waals surface area contributed by atoms with Gasteiger partial charge in [0.2, 0.25) is 0 Å². The molecule has 1 fully saturated rings. The molecular weight excluding hydrogens is 292 g/mol. The van der Waals surface area contributed by atoms with Crippen LogP contribution in [0.5, 0.6) is 5.75 Å². The molecule has 0 saturated carbocycles. The second kappa shape index (κ2) is 6.11. The first-order chi connectivity index (χ1) is 9.35. The topological polar surface area (TPSA) is 39.7 Å². The number of halogens is 3. The van der Waals surface area contributed by atoms with Crippen molar-refractivity contribution in [2.24, 2.45) is 0 Å². The van der Waals surface area contributed by atoms with Gasteiger partial charge in [-0.25, -0.2) is 0 Å². The van der Waals surface area contributed by atoms with E-state index >= 15 is 0 Å². The number of alkyl halides is 2. The predicted octanol–water partition coefficient (Wildman–Crippen LogP) is 3.50. The second-order valence-electron chi connectivity index (χ2n) is 4.89. The summed E-state index contributed by atoms with van der Waals surface area (Å²) in [5, 5.41) is 3.28. The Labute approximate surface area is 121 Å². The second-order valence-corrected chi connectivity index (χ2v) is 5.29. The lowest BCUT2D eigenvalue weighted by molar-refractivity contribution is -0.247. The lowest BCUT2D eigenvalue weighted by Crippen LogP contribution is -2.45. The molecule has 0 amide bonds. The molecule has 1 aliphatic rings. The highest BCUT2D eigenvalue weighted by atomic mass is 35.5. The van der Waals surface area contributed by atoms with Crippen molar-refractivity contribution in [1.29, 1.82) is 0 Å². The van der Waals surface area contributed by atoms with Gasteiger partial charge in [0.25, 0.3) is 0 Å². The maximum absolute atomic E-state index is 12.1. The molecular formula is C13H16ClF2NO3. The quantitative estimate of drug-likeness (QED) is 0.924. The monoisotopic (exact) mass is 307 g/mol. The maximum atomic E-state index is 12.1. The van der Waals surface area contributed by atoms with Crippen LogP contribution in [0.2, 0.25) is 5.02 Å². The number of hydrogen-bond acceptors (Lipinski definition) is 4. The van der Waals surface area contributed by atoms with Crippen LogP contribution < -0.4 is 10.1 Å². The van der Waals surface area contributed by atoms with Crippen LogP contribution in [0.1, 0.15) is 13.8 Å². The minimum atomic E-state index is -2.89. The molecule has 0 bridgehead atoms. The summed E-state index contributed by atoms with van der Waals surface area (Å²) >= 11 is 5.88. The summed E-state index contributed by atoms with van der Waals surface area (Å²) in [6.45, 7) is 1.76. The zero-order valence-electron chi connectivity index (χ0n) is 11.2. The molecule has 1 N–H and O–H groups in total. The van der Waals surface area contributed by atoms with Crippen LogP contribution in [-0.2, 0) is 9.47 Å². The normalized spacial score (nSPS) is 19.1. The SMILES string of the molecule is CC1(C)OCC(Nc2ccc(OC(F)F)c(Cl)c2)CO1. The van der Waals surface area contributed by atoms with Crippen LogP contribution in [0, 0.1) is 0 Å². The Balaban J connectivity index is 1.95. The van der Waals surface area contributed by atoms with Crippen LogP contribution in [0.3, 0.4) is 0 Å². The standard InChI is InChI=1S/C13H16ClF2NO3/c1-13(2)18-6-9(7-19-13)17-8-3-4-11(10(14)5-8)20-12(15)16/h3-5,9,12,17H,6-7H2,1-2H3. The third kappa shape index (κ3) is 4.19. The van der Waals surface area contributed by atoms with E-state index in [1.54, 1.807) is 6.07 Å². The smallest absolute Gasteiger partial charge is 0.387 e. The Morgan fingerprint density at radius 2 is 2.00 bits per heavy atom. The lowest BCUT2D eigenvalue weighted by atomic mass is 10.2. The van der Waals surface area contributed by atoms with Gasteiger partial charge in [-0.05, 0) is 32.0 Å². The van der Waals surface area contributed by atoms with Crippen molar-refractivity contribution in [3.8, 4) is 5.75 Å². The highest BCUT2D eigenvalue weighted by Crippen LogP contribution is 2.29. The van der Waals surface area contributed by atoms with Gasteiger partial charge in [0.1, 0.15) is 5.75 Å². The summed E-state index contributed by atoms with van der Waals surface area (Å²) in [6.07, 6.45) is 0. The number of rotatable bonds is 4. The van der Waals surface area contributed by atoms with Gasteiger partial charge >= 0.3 is 6.61 Å². The van der Waals surface area contributed by atoms with Crippen LogP contribution in [0.15, 0.2) is 18.2 Å². The summed E-state index contributed by atoms with van der Waals surface area (Å²) < 4.78 is 39.5. The summed E-state index contributed by atoms with van der Waals surface area (Å²) in [5.74, 6) is -0.630. The molecule has 4 nitrogen and oxygen atoms in total. The van der Waals surface area contributed by atoms with E-state index in [4.69, 9.17) is 21.1 Å². The fraction of sp³-hybridized carbons (Fsp3) is 0.538. The summed E-state index contributed by atoms with van der Waals surface area (Å²) in [6, 6.07) is 4.51. The van der Waals surface area contributed by atoms with Gasteiger partial charge in [0, 0.05) is 5.69 Å². The van der Waals surface area contributed by atoms with E-state index in [-0.39, 0.29) is 16.8 Å². The molecule has 1 aromatic rings. The van der Waals surface area contributed by atoms with Gasteiger partial charge in [-0.2, -0.15) is 8.78 Å². The van der Waals surface area contributed by atoms with Crippen LogP contribution in [0.25, 0.3) is 0 Å². The van der Waals surface area contributed by atoms with E-state index in [9.17, 15) is 8.78 Å². The molecule has 1 aliphatic heterocycles. The number of ether oxygens (including phenoxy) is 3. The molecule has 112 valence electrons. The first-order valence-corrected chi connectivity index (χ1v) is 6.52. The van der Waals surface area contributed by atoms with Crippen molar-refractivity contribution in [1.82, 2.24) is 0 Å². The number of benzene rings is 1. The minimum absolute atomic E-state index is 0.0269. The minimum Gasteiger partial charge on any atom is -0.433 e. The molecule has 0 spiro atoms. The summed E-state index contributed by atoms with van der Waals surface area (Å²) in [7, 11) is 0. The Morgan fingerprint density at radius 3 is 2.55 bits per heavy atom. The van der Waals surface area contributed by atoms with Crippen LogP contribution in [0.4, 0.5) is 14.5 Å². The number of hydrogen-bond donors (Lipinski definition) is 1. The third-order valence-electron chi connectivity index (χ3n) is 2.78. The highest BCUT2D eigenvalue weighted by molar-refractivity contribution is 6.32. The van der Waals surface area contributed by atoms with Crippen molar-refractivity contribution in [3.63, 3.8) is 0 Å². The zero-order valence-corrected chi connectivity index (χ0v) is 11.9. The molecule has 1 aromatic carbocycles. The van der Waals surface area contributed by atoms with E-state index in [1.807, 2.05) is 13.8 Å². The zero-order chi connectivity index (χ0) is 14.8. The Morgan fingerprint density at radius 1 is 1.35 bits per heavy atom. The van der Waals surface area contributed by atoms with Crippen LogP contribution in [-0.4, -0.2) is 31.7 Å². The average molecular weight is 308 g/mol. The van der Waals surface area contributed by atoms with Gasteiger partial charge in [-0.15, -0.1) is 0 Å². The van der Waals surface area contributed by atoms with Crippen molar-refractivity contribution in [2.75, 3.05) is 18.5 Å². The van der Waals surface area contributed by atoms with E-state index in [0.717, 1.165) is 0 Å². The third-order valence-corrected chi connectivity index (χ3v) is 3.08. The fourth-order valence-corrected chi connectivity index (χ4v) is 2.02. The molecule has 0 aliphatic carbocycles. The van der Waals surface area contributed by atoms with Gasteiger partial charge < -0.3 is 19.5 Å². The maximum Gasteiger partial charge on any atom is 0.387 e. The summed E-state index contributed by atoms with van der Waals surface area (Å²) in [4.78, 5) is 0.